The van der Waals surface area contributed by atoms with E-state index in [4.69, 9.17) is 0 Å². The fraction of sp³-hybridized carbons (Fsp3) is 0. The van der Waals surface area contributed by atoms with E-state index < -0.39 is 26.4 Å². The molecule has 0 amide bonds. The van der Waals surface area contributed by atoms with Crippen molar-refractivity contribution in [2.24, 2.45) is 0 Å². The van der Waals surface area contributed by atoms with E-state index in [1.54, 1.807) is 0 Å². The second-order valence-electron chi connectivity index (χ2n) is 16.5. The molecule has 7 radical (unpaired) electrons. The Balaban J connectivity index is 0.856. The van der Waals surface area contributed by atoms with Crippen LogP contribution in [0.4, 0.5) is 0 Å². The van der Waals surface area contributed by atoms with Crippen LogP contribution in [-0.2, 0) is 0 Å². The first-order chi connectivity index (χ1) is 37.1. The molecule has 0 atom stereocenters. The van der Waals surface area contributed by atoms with Gasteiger partial charge >= 0.3 is 0 Å². The zero-order valence-electron chi connectivity index (χ0n) is 40.7. The van der Waals surface area contributed by atoms with Crippen molar-refractivity contribution in [2.45, 2.75) is 0 Å². The summed E-state index contributed by atoms with van der Waals surface area (Å²) in [4.78, 5) is 0. The predicted molar refractivity (Wildman–Crippen MR) is 320 cm³/mol. The molecule has 0 aromatic heterocycles. The molecule has 9 rings (SSSR count). The molecule has 0 aliphatic rings. The van der Waals surface area contributed by atoms with E-state index >= 15 is 0 Å². The Morgan fingerprint density at radius 3 is 0.600 bits per heavy atom. The van der Waals surface area contributed by atoms with Gasteiger partial charge in [-0.2, -0.15) is 0 Å². The second kappa shape index (κ2) is 27.4. The van der Waals surface area contributed by atoms with E-state index in [1.165, 1.54) is 10.4 Å². The maximum atomic E-state index is 3.55. The Hall–Kier alpha value is -9.46. The summed E-state index contributed by atoms with van der Waals surface area (Å²) >= 11 is 0. The Labute approximate surface area is 453 Å². The predicted octanol–water partition coefficient (Wildman–Crippen LogP) is 8.01. The third-order valence-corrected chi connectivity index (χ3v) is 17.8. The van der Waals surface area contributed by atoms with Crippen molar-refractivity contribution in [3.63, 3.8) is 0 Å². The van der Waals surface area contributed by atoms with Crippen LogP contribution in [0.5, 0.6) is 0 Å². The number of hydrogen-bond acceptors (Lipinski definition) is 0. The standard InChI is InChI=1S/C70H41Si5/c1-6-16-66(17-7-1)71-50-42-58-26-30-60(31-27-58)44-52-73(68-20-10-3-11-21-68)54-46-62-34-38-64(39-35-62)48-56-75(70-24-14-5-15-25-70)57-49-65-40-36-63(37-41-65)47-55-74(69-22-12-4-13-23-69)53-45-61-32-28-59(29-33-61)43-51-72-67-18-8-2-9-19-67/h1-41H. The third-order valence-electron chi connectivity index (χ3n) is 11.1. The number of rotatable bonds is 5. The minimum Gasteiger partial charge on any atom is -0.124 e. The normalized spacial score (nSPS) is 9.75. The van der Waals surface area contributed by atoms with Gasteiger partial charge in [0.2, 0.25) is 0 Å². The van der Waals surface area contributed by atoms with Crippen molar-refractivity contribution < 1.29 is 0 Å². The van der Waals surface area contributed by atoms with E-state index in [1.807, 2.05) is 152 Å². The van der Waals surface area contributed by atoms with Gasteiger partial charge in [0.05, 0.1) is 0 Å². The smallest absolute Gasteiger partial charge is 0.124 e. The van der Waals surface area contributed by atoms with Crippen LogP contribution in [0.25, 0.3) is 0 Å². The Morgan fingerprint density at radius 1 is 0.200 bits per heavy atom. The lowest BCUT2D eigenvalue weighted by molar-refractivity contribution is 1.60. The highest BCUT2D eigenvalue weighted by Gasteiger charge is 2.11. The molecule has 0 heterocycles. The van der Waals surface area contributed by atoms with Gasteiger partial charge in [-0.25, -0.2) is 0 Å². The van der Waals surface area contributed by atoms with Crippen LogP contribution in [0.1, 0.15) is 44.5 Å². The topological polar surface area (TPSA) is 0 Å². The molecule has 9 aromatic rings. The first kappa shape index (κ1) is 50.5. The molecule has 0 N–H and O–H groups in total. The fourth-order valence-electron chi connectivity index (χ4n) is 7.09. The summed E-state index contributed by atoms with van der Waals surface area (Å²) in [6, 6.07) is 84.4. The molecule has 9 aromatic carbocycles. The van der Waals surface area contributed by atoms with Gasteiger partial charge in [0.25, 0.3) is 26.4 Å². The van der Waals surface area contributed by atoms with Crippen LogP contribution >= 0.6 is 0 Å². The quantitative estimate of drug-likeness (QED) is 0.121. The van der Waals surface area contributed by atoms with Crippen LogP contribution in [-0.4, -0.2) is 45.4 Å². The SMILES string of the molecule is C(#Cc1ccc(C#C[Si](C#Cc2ccc(C#C[Si](C#Cc3ccc(C#C[Si](C#Cc4ccc(C#C[Si]c5ccccc5)cc4)c4ccccc4)cc3)c3ccccc3)cc2)c2ccccc2)cc1)[Si]c1ccccc1. The molecule has 0 spiro atoms. The summed E-state index contributed by atoms with van der Waals surface area (Å²) < 4.78 is 0. The van der Waals surface area contributed by atoms with Crippen molar-refractivity contribution in [2.75, 3.05) is 0 Å². The van der Waals surface area contributed by atoms with Crippen molar-refractivity contribution in [1.29, 1.82) is 0 Å². The van der Waals surface area contributed by atoms with Crippen LogP contribution in [0.15, 0.2) is 249 Å². The summed E-state index contributed by atoms with van der Waals surface area (Å²) in [6.07, 6.45) is 0. The summed E-state index contributed by atoms with van der Waals surface area (Å²) in [5.41, 5.74) is 35.4. The molecule has 0 bridgehead atoms. The van der Waals surface area contributed by atoms with Crippen molar-refractivity contribution in [1.82, 2.24) is 0 Å². The highest BCUT2D eigenvalue weighted by molar-refractivity contribution is 6.88. The molecular weight excluding hydrogens is 981 g/mol. The van der Waals surface area contributed by atoms with Crippen LogP contribution in [0.2, 0.25) is 0 Å². The Kier molecular flexibility index (Phi) is 18.4. The maximum Gasteiger partial charge on any atom is 0.268 e. The van der Waals surface area contributed by atoms with Gasteiger partial charge in [-0.3, -0.25) is 0 Å². The monoisotopic (exact) mass is 1020 g/mol. The fourth-order valence-corrected chi connectivity index (χ4v) is 12.8. The van der Waals surface area contributed by atoms with Crippen LogP contribution < -0.4 is 25.9 Å². The zero-order valence-corrected chi connectivity index (χ0v) is 45.7. The van der Waals surface area contributed by atoms with E-state index in [0.717, 1.165) is 60.1 Å². The van der Waals surface area contributed by atoms with E-state index in [2.05, 4.69) is 189 Å². The van der Waals surface area contributed by atoms with Gasteiger partial charge in [-0.05, 0) is 123 Å². The molecular formula is C70H41Si5. The van der Waals surface area contributed by atoms with Crippen molar-refractivity contribution in [3.8, 4) is 91.7 Å². The molecule has 0 saturated heterocycles. The Morgan fingerprint density at radius 2 is 0.387 bits per heavy atom. The van der Waals surface area contributed by atoms with Gasteiger partial charge in [-0.15, -0.1) is 44.3 Å². The summed E-state index contributed by atoms with van der Waals surface area (Å²) in [7, 11) is -3.63. The van der Waals surface area contributed by atoms with E-state index in [0.29, 0.717) is 19.0 Å². The number of benzene rings is 9. The summed E-state index contributed by atoms with van der Waals surface area (Å²) in [5.74, 6) is 27.1. The molecule has 0 nitrogen and oxygen atoms in total. The van der Waals surface area contributed by atoms with E-state index in [-0.39, 0.29) is 0 Å². The highest BCUT2D eigenvalue weighted by Crippen LogP contribution is 2.07. The molecule has 0 unspecified atom stereocenters. The average Bonchev–Trinajstić information content (AvgIpc) is 3.48. The summed E-state index contributed by atoms with van der Waals surface area (Å²) in [6.45, 7) is 0. The Bertz CT molecular complexity index is 3630. The lowest BCUT2D eigenvalue weighted by Crippen LogP contribution is -2.27. The maximum absolute atomic E-state index is 3.55. The molecule has 0 fully saturated rings. The van der Waals surface area contributed by atoms with Gasteiger partial charge in [-0.1, -0.05) is 199 Å². The summed E-state index contributed by atoms with van der Waals surface area (Å²) in [5, 5.41) is 5.94. The molecule has 5 heteroatoms. The van der Waals surface area contributed by atoms with E-state index in [9.17, 15) is 0 Å². The molecule has 75 heavy (non-hydrogen) atoms. The van der Waals surface area contributed by atoms with Gasteiger partial charge in [0.1, 0.15) is 0 Å². The third kappa shape index (κ3) is 16.3. The first-order valence-corrected chi connectivity index (χ1v) is 30.6. The lowest BCUT2D eigenvalue weighted by Gasteiger charge is -2.01. The van der Waals surface area contributed by atoms with Crippen molar-refractivity contribution in [3.05, 3.63) is 293 Å². The van der Waals surface area contributed by atoms with Gasteiger partial charge < -0.3 is 0 Å². The minimum atomic E-state index is -1.55. The van der Waals surface area contributed by atoms with Gasteiger partial charge in [0, 0.05) is 44.5 Å². The molecule has 0 aliphatic carbocycles. The molecule has 341 valence electrons. The number of hydrogen-bond donors (Lipinski definition) is 0. The van der Waals surface area contributed by atoms with Gasteiger partial charge in [0.15, 0.2) is 19.0 Å². The van der Waals surface area contributed by atoms with Crippen LogP contribution in [0.3, 0.4) is 0 Å². The van der Waals surface area contributed by atoms with Crippen molar-refractivity contribution >= 4 is 71.4 Å². The highest BCUT2D eigenvalue weighted by atomic mass is 28.3. The lowest BCUT2D eigenvalue weighted by atomic mass is 10.1. The first-order valence-electron chi connectivity index (χ1n) is 24.1. The second-order valence-corrected chi connectivity index (χ2v) is 24.2. The van der Waals surface area contributed by atoms with Crippen LogP contribution in [0, 0.1) is 91.7 Å². The molecule has 0 aliphatic heterocycles. The largest absolute Gasteiger partial charge is 0.268 e. The minimum absolute atomic E-state index is 0.458. The average molecular weight is 1020 g/mol. The zero-order chi connectivity index (χ0) is 51.0. The molecule has 0 saturated carbocycles.